The molecule has 0 spiro atoms. The number of nitrogens with one attached hydrogen (secondary N) is 2. The maximum Gasteiger partial charge on any atom is 0.264 e. The summed E-state index contributed by atoms with van der Waals surface area (Å²) in [4.78, 5) is 17.0. The number of methoxy groups -OCH3 is 1. The van der Waals surface area contributed by atoms with Gasteiger partial charge >= 0.3 is 0 Å². The zero-order chi connectivity index (χ0) is 23.4. The number of hydrogen-bond donors (Lipinski definition) is 2. The molecule has 1 heterocycles. The van der Waals surface area contributed by atoms with E-state index in [2.05, 4.69) is 20.5 Å². The van der Waals surface area contributed by atoms with Gasteiger partial charge in [-0.3, -0.25) is 19.5 Å². The molecular formula is C23H21N5O4S. The predicted octanol–water partition coefficient (Wildman–Crippen LogP) is 3.56. The molecular weight excluding hydrogens is 442 g/mol. The van der Waals surface area contributed by atoms with Gasteiger partial charge in [-0.25, -0.2) is 8.42 Å². The molecule has 0 radical (unpaired) electrons. The van der Waals surface area contributed by atoms with Gasteiger partial charge in [0.15, 0.2) is 5.82 Å². The number of ether oxygens (including phenoxy) is 1. The van der Waals surface area contributed by atoms with E-state index in [-0.39, 0.29) is 16.4 Å². The van der Waals surface area contributed by atoms with Crippen LogP contribution >= 0.6 is 0 Å². The molecule has 168 valence electrons. The third-order valence-electron chi connectivity index (χ3n) is 4.97. The van der Waals surface area contributed by atoms with E-state index in [1.165, 1.54) is 35.6 Å². The zero-order valence-electron chi connectivity index (χ0n) is 17.9. The van der Waals surface area contributed by atoms with Crippen molar-refractivity contribution in [3.63, 3.8) is 0 Å². The second-order valence-electron chi connectivity index (χ2n) is 6.99. The van der Waals surface area contributed by atoms with E-state index in [9.17, 15) is 13.2 Å². The number of amides is 1. The summed E-state index contributed by atoms with van der Waals surface area (Å²) in [6.45, 7) is 0. The lowest BCUT2D eigenvalue weighted by Crippen LogP contribution is -2.26. The summed E-state index contributed by atoms with van der Waals surface area (Å²) in [6.07, 6.45) is 0. The van der Waals surface area contributed by atoms with Crippen molar-refractivity contribution in [2.24, 2.45) is 0 Å². The first kappa shape index (κ1) is 22.0. The molecule has 0 atom stereocenters. The molecule has 2 N–H and O–H groups in total. The lowest BCUT2D eigenvalue weighted by atomic mass is 10.2. The van der Waals surface area contributed by atoms with Gasteiger partial charge in [0.25, 0.3) is 15.9 Å². The van der Waals surface area contributed by atoms with Gasteiger partial charge in [-0.05, 0) is 48.5 Å². The minimum absolute atomic E-state index is 0.0711. The Labute approximate surface area is 191 Å². The third kappa shape index (κ3) is 4.55. The van der Waals surface area contributed by atoms with Gasteiger partial charge < -0.3 is 4.74 Å². The number of carbonyl (C=O) groups is 1. The van der Waals surface area contributed by atoms with Crippen LogP contribution in [-0.2, 0) is 10.0 Å². The summed E-state index contributed by atoms with van der Waals surface area (Å²) < 4.78 is 32.3. The topological polar surface area (TPSA) is 117 Å². The summed E-state index contributed by atoms with van der Waals surface area (Å²) in [5.41, 5.74) is 1.50. The number of nitrogens with zero attached hydrogens (tertiary/aromatic N) is 3. The van der Waals surface area contributed by atoms with Gasteiger partial charge in [0.05, 0.1) is 23.3 Å². The van der Waals surface area contributed by atoms with Crippen LogP contribution in [0, 0.1) is 0 Å². The number of H-pyrrole nitrogens is 1. The molecule has 0 aliphatic rings. The van der Waals surface area contributed by atoms with Crippen LogP contribution in [0.2, 0.25) is 0 Å². The first-order valence-electron chi connectivity index (χ1n) is 9.91. The SMILES string of the molecule is COc1ccccc1-c1nc(NC(=O)c2ccc(S(=O)(=O)N(C)c3ccccc3)cc2)n[nH]1. The number of hydrogen-bond acceptors (Lipinski definition) is 6. The monoisotopic (exact) mass is 463 g/mol. The Balaban J connectivity index is 1.49. The Bertz CT molecular complexity index is 1370. The van der Waals surface area contributed by atoms with Gasteiger partial charge in [-0.1, -0.05) is 30.3 Å². The summed E-state index contributed by atoms with van der Waals surface area (Å²) in [5, 5.41) is 9.39. The van der Waals surface area contributed by atoms with Crippen molar-refractivity contribution in [3.8, 4) is 17.1 Å². The number of rotatable bonds is 7. The van der Waals surface area contributed by atoms with Crippen LogP contribution in [0.5, 0.6) is 5.75 Å². The normalized spacial score (nSPS) is 11.1. The lowest BCUT2D eigenvalue weighted by molar-refractivity contribution is 0.102. The van der Waals surface area contributed by atoms with Crippen LogP contribution in [0.25, 0.3) is 11.4 Å². The Morgan fingerprint density at radius 1 is 0.970 bits per heavy atom. The van der Waals surface area contributed by atoms with Crippen LogP contribution in [0.4, 0.5) is 11.6 Å². The third-order valence-corrected chi connectivity index (χ3v) is 6.77. The van der Waals surface area contributed by atoms with E-state index < -0.39 is 15.9 Å². The van der Waals surface area contributed by atoms with Crippen LogP contribution in [0.1, 0.15) is 10.4 Å². The molecule has 1 aromatic heterocycles. The van der Waals surface area contributed by atoms with Crippen molar-refractivity contribution >= 4 is 27.6 Å². The van der Waals surface area contributed by atoms with Crippen LogP contribution in [-0.4, -0.2) is 43.7 Å². The number of carbonyl (C=O) groups excluding carboxylic acids is 1. The molecule has 10 heteroatoms. The first-order valence-corrected chi connectivity index (χ1v) is 11.4. The summed E-state index contributed by atoms with van der Waals surface area (Å²) >= 11 is 0. The van der Waals surface area contributed by atoms with Crippen molar-refractivity contribution in [3.05, 3.63) is 84.4 Å². The maximum absolute atomic E-state index is 12.9. The molecule has 3 aromatic carbocycles. The number of para-hydroxylation sites is 2. The molecule has 0 bridgehead atoms. The first-order chi connectivity index (χ1) is 15.9. The van der Waals surface area contributed by atoms with E-state index >= 15 is 0 Å². The van der Waals surface area contributed by atoms with Gasteiger partial charge in [-0.2, -0.15) is 4.98 Å². The van der Waals surface area contributed by atoms with Gasteiger partial charge in [0.2, 0.25) is 5.95 Å². The highest BCUT2D eigenvalue weighted by Gasteiger charge is 2.22. The Kier molecular flexibility index (Phi) is 6.09. The highest BCUT2D eigenvalue weighted by molar-refractivity contribution is 7.92. The number of anilines is 2. The average molecular weight is 464 g/mol. The van der Waals surface area contributed by atoms with Gasteiger partial charge in [0, 0.05) is 12.6 Å². The molecule has 4 aromatic rings. The highest BCUT2D eigenvalue weighted by Crippen LogP contribution is 2.27. The molecule has 33 heavy (non-hydrogen) atoms. The Morgan fingerprint density at radius 3 is 2.33 bits per heavy atom. The van der Waals surface area contributed by atoms with E-state index in [1.54, 1.807) is 37.4 Å². The second-order valence-corrected chi connectivity index (χ2v) is 8.96. The van der Waals surface area contributed by atoms with Crippen molar-refractivity contribution in [1.29, 1.82) is 0 Å². The summed E-state index contributed by atoms with van der Waals surface area (Å²) in [5.74, 6) is 0.666. The highest BCUT2D eigenvalue weighted by atomic mass is 32.2. The minimum atomic E-state index is -3.77. The van der Waals surface area contributed by atoms with E-state index in [0.29, 0.717) is 22.8 Å². The molecule has 0 saturated heterocycles. The number of aromatic amines is 1. The smallest absolute Gasteiger partial charge is 0.264 e. The fourth-order valence-electron chi connectivity index (χ4n) is 3.17. The van der Waals surface area contributed by atoms with Crippen LogP contribution in [0.3, 0.4) is 0 Å². The van der Waals surface area contributed by atoms with Gasteiger partial charge in [-0.15, -0.1) is 5.10 Å². The fourth-order valence-corrected chi connectivity index (χ4v) is 4.36. The molecule has 4 rings (SSSR count). The second kappa shape index (κ2) is 9.13. The molecule has 0 aliphatic heterocycles. The maximum atomic E-state index is 12.9. The van der Waals surface area contributed by atoms with Crippen LogP contribution in [0.15, 0.2) is 83.8 Å². The molecule has 0 aliphatic carbocycles. The Morgan fingerprint density at radius 2 is 1.64 bits per heavy atom. The molecule has 0 unspecified atom stereocenters. The predicted molar refractivity (Wildman–Crippen MR) is 125 cm³/mol. The molecule has 0 fully saturated rings. The fraction of sp³-hybridized carbons (Fsp3) is 0.0870. The van der Waals surface area contributed by atoms with E-state index in [1.807, 2.05) is 24.3 Å². The lowest BCUT2D eigenvalue weighted by Gasteiger charge is -2.19. The molecule has 1 amide bonds. The average Bonchev–Trinajstić information content (AvgIpc) is 3.32. The van der Waals surface area contributed by atoms with E-state index in [0.717, 1.165) is 0 Å². The van der Waals surface area contributed by atoms with Crippen LogP contribution < -0.4 is 14.4 Å². The quantitative estimate of drug-likeness (QED) is 0.433. The number of benzene rings is 3. The minimum Gasteiger partial charge on any atom is -0.496 e. The number of sulfonamides is 1. The van der Waals surface area contributed by atoms with Crippen molar-refractivity contribution < 1.29 is 17.9 Å². The Hall–Kier alpha value is -4.18. The van der Waals surface area contributed by atoms with Crippen molar-refractivity contribution in [1.82, 2.24) is 15.2 Å². The van der Waals surface area contributed by atoms with Crippen molar-refractivity contribution in [2.45, 2.75) is 4.90 Å². The standard InChI is InChI=1S/C23H21N5O4S/c1-28(17-8-4-3-5-9-17)33(30,31)18-14-12-16(13-15-18)22(29)25-23-24-21(26-27-23)19-10-6-7-11-20(19)32-2/h3-15H,1-2H3,(H2,24,25,26,27,29). The zero-order valence-corrected chi connectivity index (χ0v) is 18.7. The van der Waals surface area contributed by atoms with Crippen molar-refractivity contribution in [2.75, 3.05) is 23.8 Å². The summed E-state index contributed by atoms with van der Waals surface area (Å²) in [7, 11) is -0.732. The summed E-state index contributed by atoms with van der Waals surface area (Å²) in [6, 6.07) is 21.7. The molecule has 0 saturated carbocycles. The number of aromatic nitrogens is 3. The largest absolute Gasteiger partial charge is 0.496 e. The molecule has 9 nitrogen and oxygen atoms in total. The van der Waals surface area contributed by atoms with E-state index in [4.69, 9.17) is 4.74 Å². The van der Waals surface area contributed by atoms with Gasteiger partial charge in [0.1, 0.15) is 5.75 Å².